The topological polar surface area (TPSA) is 44.5 Å². The van der Waals surface area contributed by atoms with Crippen molar-refractivity contribution >= 4 is 0 Å². The van der Waals surface area contributed by atoms with Gasteiger partial charge in [-0.1, -0.05) is 19.1 Å². The van der Waals surface area contributed by atoms with Gasteiger partial charge in [0.2, 0.25) is 0 Å². The molecule has 0 aliphatic rings. The van der Waals surface area contributed by atoms with Gasteiger partial charge in [0.25, 0.3) is 0 Å². The molecule has 0 bridgehead atoms. The van der Waals surface area contributed by atoms with Crippen molar-refractivity contribution in [3.8, 4) is 11.5 Å². The van der Waals surface area contributed by atoms with Crippen LogP contribution in [0.4, 0.5) is 0 Å². The van der Waals surface area contributed by atoms with Crippen molar-refractivity contribution in [2.24, 2.45) is 11.7 Å². The Morgan fingerprint density at radius 1 is 1.27 bits per heavy atom. The summed E-state index contributed by atoms with van der Waals surface area (Å²) in [7, 11) is 3.31. The van der Waals surface area contributed by atoms with Crippen molar-refractivity contribution in [2.75, 3.05) is 20.8 Å². The van der Waals surface area contributed by atoms with Gasteiger partial charge < -0.3 is 15.2 Å². The number of methoxy groups -OCH3 is 2. The third kappa shape index (κ3) is 2.86. The molecule has 15 heavy (non-hydrogen) atoms. The van der Waals surface area contributed by atoms with Crippen molar-refractivity contribution in [1.29, 1.82) is 0 Å². The van der Waals surface area contributed by atoms with E-state index in [4.69, 9.17) is 15.2 Å². The Hall–Kier alpha value is -1.22. The highest BCUT2D eigenvalue weighted by atomic mass is 16.5. The van der Waals surface area contributed by atoms with E-state index in [1.54, 1.807) is 14.2 Å². The van der Waals surface area contributed by atoms with Crippen LogP contribution in [-0.2, 0) is 6.42 Å². The molecule has 3 heteroatoms. The number of para-hydroxylation sites is 1. The van der Waals surface area contributed by atoms with Gasteiger partial charge in [0, 0.05) is 0 Å². The average Bonchev–Trinajstić information content (AvgIpc) is 2.28. The van der Waals surface area contributed by atoms with Gasteiger partial charge in [-0.05, 0) is 30.5 Å². The van der Waals surface area contributed by atoms with E-state index in [1.807, 2.05) is 18.2 Å². The fourth-order valence-electron chi connectivity index (χ4n) is 1.57. The first-order valence-electron chi connectivity index (χ1n) is 5.12. The van der Waals surface area contributed by atoms with Gasteiger partial charge in [0.1, 0.15) is 0 Å². The Labute approximate surface area is 91.2 Å². The molecule has 0 aromatic heterocycles. The standard InChI is InChI=1S/C12H19NO2/c1-9(8-13)7-10-5-4-6-11(14-2)12(10)15-3/h4-6,9H,7-8,13H2,1-3H3. The Morgan fingerprint density at radius 2 is 2.00 bits per heavy atom. The van der Waals surface area contributed by atoms with E-state index < -0.39 is 0 Å². The van der Waals surface area contributed by atoms with E-state index in [9.17, 15) is 0 Å². The number of benzene rings is 1. The maximum atomic E-state index is 5.61. The third-order valence-electron chi connectivity index (χ3n) is 2.46. The molecule has 0 amide bonds. The van der Waals surface area contributed by atoms with Crippen molar-refractivity contribution in [3.05, 3.63) is 23.8 Å². The van der Waals surface area contributed by atoms with Gasteiger partial charge in [0.05, 0.1) is 14.2 Å². The molecular weight excluding hydrogens is 190 g/mol. The van der Waals surface area contributed by atoms with Crippen LogP contribution in [0.3, 0.4) is 0 Å². The summed E-state index contributed by atoms with van der Waals surface area (Å²) in [4.78, 5) is 0. The van der Waals surface area contributed by atoms with Crippen LogP contribution >= 0.6 is 0 Å². The maximum absolute atomic E-state index is 5.61. The summed E-state index contributed by atoms with van der Waals surface area (Å²) in [6.07, 6.45) is 0.914. The summed E-state index contributed by atoms with van der Waals surface area (Å²) in [5.74, 6) is 2.05. The lowest BCUT2D eigenvalue weighted by Crippen LogP contribution is -2.13. The van der Waals surface area contributed by atoms with E-state index in [0.717, 1.165) is 23.5 Å². The lowest BCUT2D eigenvalue weighted by atomic mass is 10.0. The van der Waals surface area contributed by atoms with E-state index in [2.05, 4.69) is 6.92 Å². The van der Waals surface area contributed by atoms with E-state index in [-0.39, 0.29) is 0 Å². The van der Waals surface area contributed by atoms with E-state index in [1.165, 1.54) is 0 Å². The Morgan fingerprint density at radius 3 is 2.53 bits per heavy atom. The Bertz CT molecular complexity index is 312. The number of rotatable bonds is 5. The predicted octanol–water partition coefficient (Wildman–Crippen LogP) is 1.84. The molecular formula is C12H19NO2. The predicted molar refractivity (Wildman–Crippen MR) is 61.5 cm³/mol. The molecule has 0 heterocycles. The van der Waals surface area contributed by atoms with Crippen molar-refractivity contribution in [1.82, 2.24) is 0 Å². The molecule has 1 rings (SSSR count). The second kappa shape index (κ2) is 5.61. The minimum atomic E-state index is 0.450. The fourth-order valence-corrected chi connectivity index (χ4v) is 1.57. The van der Waals surface area contributed by atoms with Gasteiger partial charge in [-0.2, -0.15) is 0 Å². The molecule has 3 nitrogen and oxygen atoms in total. The largest absolute Gasteiger partial charge is 0.493 e. The average molecular weight is 209 g/mol. The van der Waals surface area contributed by atoms with E-state index >= 15 is 0 Å². The second-order valence-electron chi connectivity index (χ2n) is 3.70. The van der Waals surface area contributed by atoms with Crippen LogP contribution in [0, 0.1) is 5.92 Å². The summed E-state index contributed by atoms with van der Waals surface area (Å²) in [6, 6.07) is 5.92. The molecule has 1 aromatic carbocycles. The lowest BCUT2D eigenvalue weighted by Gasteiger charge is -2.14. The first-order chi connectivity index (χ1) is 7.22. The van der Waals surface area contributed by atoms with Crippen LogP contribution in [0.25, 0.3) is 0 Å². The molecule has 1 atom stereocenters. The van der Waals surface area contributed by atoms with Crippen LogP contribution in [0.1, 0.15) is 12.5 Å². The molecule has 0 saturated heterocycles. The zero-order valence-electron chi connectivity index (χ0n) is 9.62. The van der Waals surface area contributed by atoms with Crippen LogP contribution in [0.2, 0.25) is 0 Å². The van der Waals surface area contributed by atoms with Gasteiger partial charge in [-0.15, -0.1) is 0 Å². The zero-order chi connectivity index (χ0) is 11.3. The van der Waals surface area contributed by atoms with Gasteiger partial charge in [-0.25, -0.2) is 0 Å². The highest BCUT2D eigenvalue weighted by Crippen LogP contribution is 2.31. The maximum Gasteiger partial charge on any atom is 0.163 e. The molecule has 0 aliphatic carbocycles. The van der Waals surface area contributed by atoms with Crippen LogP contribution < -0.4 is 15.2 Å². The van der Waals surface area contributed by atoms with Crippen LogP contribution in [0.15, 0.2) is 18.2 Å². The summed E-state index contributed by atoms with van der Waals surface area (Å²) < 4.78 is 10.6. The molecule has 2 N–H and O–H groups in total. The fraction of sp³-hybridized carbons (Fsp3) is 0.500. The first kappa shape index (κ1) is 11.9. The van der Waals surface area contributed by atoms with Crippen molar-refractivity contribution in [2.45, 2.75) is 13.3 Å². The summed E-state index contributed by atoms with van der Waals surface area (Å²) >= 11 is 0. The number of hydrogen-bond acceptors (Lipinski definition) is 3. The molecule has 1 aromatic rings. The van der Waals surface area contributed by atoms with Gasteiger partial charge in [-0.3, -0.25) is 0 Å². The number of hydrogen-bond donors (Lipinski definition) is 1. The molecule has 0 radical (unpaired) electrons. The summed E-state index contributed by atoms with van der Waals surface area (Å²) in [5.41, 5.74) is 6.76. The van der Waals surface area contributed by atoms with Crippen LogP contribution in [-0.4, -0.2) is 20.8 Å². The molecule has 0 saturated carbocycles. The van der Waals surface area contributed by atoms with E-state index in [0.29, 0.717) is 12.5 Å². The number of nitrogens with two attached hydrogens (primary N) is 1. The molecule has 0 fully saturated rings. The molecule has 84 valence electrons. The van der Waals surface area contributed by atoms with Gasteiger partial charge >= 0.3 is 0 Å². The quantitative estimate of drug-likeness (QED) is 0.804. The van der Waals surface area contributed by atoms with Gasteiger partial charge in [0.15, 0.2) is 11.5 Å². The highest BCUT2D eigenvalue weighted by molar-refractivity contribution is 5.46. The normalized spacial score (nSPS) is 12.3. The second-order valence-corrected chi connectivity index (χ2v) is 3.70. The summed E-state index contributed by atoms with van der Waals surface area (Å²) in [6.45, 7) is 2.80. The van der Waals surface area contributed by atoms with Crippen LogP contribution in [0.5, 0.6) is 11.5 Å². The Balaban J connectivity index is 2.95. The lowest BCUT2D eigenvalue weighted by molar-refractivity contribution is 0.350. The summed E-state index contributed by atoms with van der Waals surface area (Å²) in [5, 5.41) is 0. The minimum absolute atomic E-state index is 0.450. The third-order valence-corrected chi connectivity index (χ3v) is 2.46. The number of ether oxygens (including phenoxy) is 2. The molecule has 0 aliphatic heterocycles. The Kier molecular flexibility index (Phi) is 4.43. The highest BCUT2D eigenvalue weighted by Gasteiger charge is 2.11. The molecule has 1 unspecified atom stereocenters. The zero-order valence-corrected chi connectivity index (χ0v) is 9.62. The monoisotopic (exact) mass is 209 g/mol. The SMILES string of the molecule is COc1cccc(CC(C)CN)c1OC. The van der Waals surface area contributed by atoms with Crippen molar-refractivity contribution < 1.29 is 9.47 Å². The minimum Gasteiger partial charge on any atom is -0.493 e. The van der Waals surface area contributed by atoms with Crippen molar-refractivity contribution in [3.63, 3.8) is 0 Å². The first-order valence-corrected chi connectivity index (χ1v) is 5.12. The smallest absolute Gasteiger partial charge is 0.163 e. The molecule has 0 spiro atoms.